The highest BCUT2D eigenvalue weighted by Crippen LogP contribution is 2.02. The van der Waals surface area contributed by atoms with E-state index in [1.807, 2.05) is 0 Å². The van der Waals surface area contributed by atoms with Gasteiger partial charge in [-0.2, -0.15) is 0 Å². The molecule has 0 aliphatic carbocycles. The Morgan fingerprint density at radius 1 is 1.60 bits per heavy atom. The number of hydrogen-bond donors (Lipinski definition) is 1. The quantitative estimate of drug-likeness (QED) is 0.481. The van der Waals surface area contributed by atoms with Crippen LogP contribution >= 0.6 is 0 Å². The Morgan fingerprint density at radius 2 is 2.20 bits per heavy atom. The fourth-order valence-corrected chi connectivity index (χ4v) is 1.05. The zero-order valence-electron chi connectivity index (χ0n) is 6.21. The molecule has 0 saturated heterocycles. The van der Waals surface area contributed by atoms with E-state index in [0.29, 0.717) is 6.42 Å². The van der Waals surface area contributed by atoms with Crippen LogP contribution in [0.5, 0.6) is 0 Å². The third-order valence-corrected chi connectivity index (χ3v) is 2.07. The zero-order chi connectivity index (χ0) is 7.98. The summed E-state index contributed by atoms with van der Waals surface area (Å²) in [7, 11) is 0. The Kier molecular flexibility index (Phi) is 5.87. The summed E-state index contributed by atoms with van der Waals surface area (Å²) in [4.78, 5) is 0. The van der Waals surface area contributed by atoms with Crippen LogP contribution in [0.4, 0.5) is 0 Å². The van der Waals surface area contributed by atoms with E-state index in [1.165, 1.54) is 0 Å². The zero-order valence-corrected chi connectivity index (χ0v) is 7.02. The summed E-state index contributed by atoms with van der Waals surface area (Å²) >= 11 is -2.09. The van der Waals surface area contributed by atoms with Gasteiger partial charge in [-0.1, -0.05) is 26.2 Å². The van der Waals surface area contributed by atoms with Crippen LogP contribution in [0.3, 0.4) is 0 Å². The smallest absolute Gasteiger partial charge is 0.0676 e. The first-order valence-electron chi connectivity index (χ1n) is 3.52. The molecule has 0 aromatic carbocycles. The minimum absolute atomic E-state index is 0.587. The average Bonchev–Trinajstić information content (AvgIpc) is 1.88. The Morgan fingerprint density at radius 3 is 2.60 bits per heavy atom. The Bertz CT molecular complexity index is 108. The molecule has 10 heavy (non-hydrogen) atoms. The minimum atomic E-state index is -2.09. The fraction of sp³-hybridized carbons (Fsp3) is 1.00. The summed E-state index contributed by atoms with van der Waals surface area (Å²) in [5, 5.41) is -0.661. The second-order valence-corrected chi connectivity index (χ2v) is 3.42. The summed E-state index contributed by atoms with van der Waals surface area (Å²) in [5.74, 6) is 0. The fourth-order valence-electron chi connectivity index (χ4n) is 0.692. The van der Waals surface area contributed by atoms with Crippen LogP contribution in [0.2, 0.25) is 0 Å². The third kappa shape index (κ3) is 4.90. The van der Waals surface area contributed by atoms with Crippen LogP contribution < -0.4 is 5.73 Å². The summed E-state index contributed by atoms with van der Waals surface area (Å²) < 4.78 is 20.3. The molecule has 0 rings (SSSR count). The summed E-state index contributed by atoms with van der Waals surface area (Å²) in [6.45, 7) is 2.07. The van der Waals surface area contributed by atoms with Crippen LogP contribution in [0.15, 0.2) is 0 Å². The van der Waals surface area contributed by atoms with Gasteiger partial charge in [0.05, 0.1) is 5.37 Å². The minimum Gasteiger partial charge on any atom is -0.771 e. The molecular formula is C6H14NO2S-. The first-order chi connectivity index (χ1) is 4.68. The van der Waals surface area contributed by atoms with Gasteiger partial charge in [-0.3, -0.25) is 4.21 Å². The van der Waals surface area contributed by atoms with Crippen molar-refractivity contribution < 1.29 is 8.76 Å². The van der Waals surface area contributed by atoms with Gasteiger partial charge in [0.1, 0.15) is 0 Å². The van der Waals surface area contributed by atoms with Gasteiger partial charge in [-0.05, 0) is 17.5 Å². The molecule has 0 aromatic rings. The predicted octanol–water partition coefficient (Wildman–Crippen LogP) is 0.731. The Balaban J connectivity index is 3.21. The molecule has 0 fully saturated rings. The highest BCUT2D eigenvalue weighted by atomic mass is 32.2. The van der Waals surface area contributed by atoms with E-state index in [4.69, 9.17) is 5.73 Å². The summed E-state index contributed by atoms with van der Waals surface area (Å²) in [6, 6.07) is 0. The van der Waals surface area contributed by atoms with E-state index in [1.54, 1.807) is 0 Å². The molecule has 0 bridgehead atoms. The maximum Gasteiger partial charge on any atom is 0.0676 e. The molecule has 0 amide bonds. The summed E-state index contributed by atoms with van der Waals surface area (Å²) in [6.07, 6.45) is 3.65. The molecule has 0 spiro atoms. The monoisotopic (exact) mass is 164 g/mol. The van der Waals surface area contributed by atoms with Gasteiger partial charge >= 0.3 is 0 Å². The summed E-state index contributed by atoms with van der Waals surface area (Å²) in [5.41, 5.74) is 5.24. The standard InChI is InChI=1S/C6H15NO2S/c1-2-3-4-5-6(7)10(8)9/h6H,2-5,7H2,1H3,(H,8,9)/p-1. The van der Waals surface area contributed by atoms with Crippen LogP contribution in [0.25, 0.3) is 0 Å². The molecule has 2 unspecified atom stereocenters. The van der Waals surface area contributed by atoms with Gasteiger partial charge in [0.2, 0.25) is 0 Å². The number of rotatable bonds is 5. The van der Waals surface area contributed by atoms with E-state index in [0.717, 1.165) is 19.3 Å². The number of nitrogens with two attached hydrogens (primary N) is 1. The molecule has 0 aromatic heterocycles. The molecule has 0 heterocycles. The van der Waals surface area contributed by atoms with Crippen LogP contribution in [-0.2, 0) is 11.1 Å². The van der Waals surface area contributed by atoms with Gasteiger partial charge < -0.3 is 10.3 Å². The second kappa shape index (κ2) is 5.82. The lowest BCUT2D eigenvalue weighted by atomic mass is 10.2. The van der Waals surface area contributed by atoms with E-state index in [-0.39, 0.29) is 0 Å². The highest BCUT2D eigenvalue weighted by molar-refractivity contribution is 7.79. The third-order valence-electron chi connectivity index (χ3n) is 1.34. The SMILES string of the molecule is CCCCCC(N)S(=O)[O-]. The Labute approximate surface area is 64.3 Å². The van der Waals surface area contributed by atoms with Gasteiger partial charge in [-0.25, -0.2) is 0 Å². The topological polar surface area (TPSA) is 66.2 Å². The van der Waals surface area contributed by atoms with Crippen molar-refractivity contribution in [1.29, 1.82) is 0 Å². The van der Waals surface area contributed by atoms with Crippen molar-refractivity contribution in [2.45, 2.75) is 38.0 Å². The lowest BCUT2D eigenvalue weighted by molar-refractivity contribution is 0.511. The van der Waals surface area contributed by atoms with Crippen molar-refractivity contribution in [2.24, 2.45) is 5.73 Å². The molecule has 0 saturated carbocycles. The van der Waals surface area contributed by atoms with Gasteiger partial charge in [0.15, 0.2) is 0 Å². The van der Waals surface area contributed by atoms with Crippen LogP contribution in [0, 0.1) is 0 Å². The molecule has 3 nitrogen and oxygen atoms in total. The van der Waals surface area contributed by atoms with Crippen molar-refractivity contribution in [3.63, 3.8) is 0 Å². The lowest BCUT2D eigenvalue weighted by Crippen LogP contribution is -2.24. The van der Waals surface area contributed by atoms with Crippen LogP contribution in [-0.4, -0.2) is 14.1 Å². The van der Waals surface area contributed by atoms with Gasteiger partial charge in [0, 0.05) is 0 Å². The van der Waals surface area contributed by atoms with Crippen molar-refractivity contribution >= 4 is 11.1 Å². The van der Waals surface area contributed by atoms with Crippen molar-refractivity contribution in [1.82, 2.24) is 0 Å². The van der Waals surface area contributed by atoms with Crippen molar-refractivity contribution in [2.75, 3.05) is 0 Å². The molecule has 0 aliphatic heterocycles. The number of unbranched alkanes of at least 4 members (excludes halogenated alkanes) is 2. The van der Waals surface area contributed by atoms with Crippen molar-refractivity contribution in [3.8, 4) is 0 Å². The molecule has 0 aliphatic rings. The molecule has 0 radical (unpaired) electrons. The molecule has 62 valence electrons. The normalized spacial score (nSPS) is 16.7. The first kappa shape index (κ1) is 10.1. The molecule has 2 N–H and O–H groups in total. The molecule has 2 atom stereocenters. The molecular weight excluding hydrogens is 150 g/mol. The van der Waals surface area contributed by atoms with E-state index < -0.39 is 16.5 Å². The molecule has 4 heteroatoms. The highest BCUT2D eigenvalue weighted by Gasteiger charge is 1.99. The second-order valence-electron chi connectivity index (χ2n) is 2.29. The maximum absolute atomic E-state index is 10.2. The lowest BCUT2D eigenvalue weighted by Gasteiger charge is -2.13. The Hall–Kier alpha value is 0.0700. The van der Waals surface area contributed by atoms with Gasteiger partial charge in [-0.15, -0.1) is 0 Å². The van der Waals surface area contributed by atoms with E-state index in [9.17, 15) is 8.76 Å². The van der Waals surface area contributed by atoms with Crippen molar-refractivity contribution in [3.05, 3.63) is 0 Å². The first-order valence-corrected chi connectivity index (χ1v) is 4.66. The predicted molar refractivity (Wildman–Crippen MR) is 41.0 cm³/mol. The van der Waals surface area contributed by atoms with E-state index in [2.05, 4.69) is 6.92 Å². The largest absolute Gasteiger partial charge is 0.771 e. The number of hydrogen-bond acceptors (Lipinski definition) is 3. The average molecular weight is 164 g/mol. The maximum atomic E-state index is 10.2. The van der Waals surface area contributed by atoms with E-state index >= 15 is 0 Å². The van der Waals surface area contributed by atoms with Crippen LogP contribution in [0.1, 0.15) is 32.6 Å². The van der Waals surface area contributed by atoms with Gasteiger partial charge in [0.25, 0.3) is 0 Å².